The molecule has 0 fully saturated rings. The maximum atomic E-state index is 12.4. The van der Waals surface area contributed by atoms with Gasteiger partial charge in [-0.1, -0.05) is 29.3 Å². The number of fused-ring (bicyclic) bond motifs is 1. The minimum atomic E-state index is -0.500. The zero-order chi connectivity index (χ0) is 25.7. The third-order valence-electron chi connectivity index (χ3n) is 5.02. The van der Waals surface area contributed by atoms with E-state index in [1.165, 1.54) is 13.3 Å². The Kier molecular flexibility index (Phi) is 8.11. The highest BCUT2D eigenvalue weighted by atomic mass is 127. The lowest BCUT2D eigenvalue weighted by molar-refractivity contribution is -0.118. The molecule has 2 amide bonds. The van der Waals surface area contributed by atoms with E-state index < -0.39 is 5.91 Å². The van der Waals surface area contributed by atoms with Crippen molar-refractivity contribution in [2.24, 2.45) is 5.10 Å². The Morgan fingerprint density at radius 3 is 2.64 bits per heavy atom. The Morgan fingerprint density at radius 1 is 1.11 bits per heavy atom. The Morgan fingerprint density at radius 2 is 1.89 bits per heavy atom. The second kappa shape index (κ2) is 11.4. The van der Waals surface area contributed by atoms with E-state index in [0.29, 0.717) is 36.9 Å². The highest BCUT2D eigenvalue weighted by Gasteiger charge is 2.14. The number of anilines is 1. The Labute approximate surface area is 225 Å². The van der Waals surface area contributed by atoms with E-state index in [1.54, 1.807) is 36.4 Å². The number of carbonyl (C=O) groups excluding carboxylic acids is 2. The van der Waals surface area contributed by atoms with E-state index in [4.69, 9.17) is 25.5 Å². The third kappa shape index (κ3) is 6.35. The molecule has 184 valence electrons. The van der Waals surface area contributed by atoms with E-state index in [0.717, 1.165) is 10.9 Å². The van der Waals surface area contributed by atoms with E-state index >= 15 is 0 Å². The monoisotopic (exact) mass is 617 g/mol. The number of benzene rings is 3. The summed E-state index contributed by atoms with van der Waals surface area (Å²) in [5, 5.41) is 8.07. The van der Waals surface area contributed by atoms with E-state index in [2.05, 4.69) is 38.4 Å². The molecular formula is C26H21ClIN3O5. The number of nitrogens with zero attached hydrogens (tertiary/aromatic N) is 1. The highest BCUT2D eigenvalue weighted by molar-refractivity contribution is 14.1. The molecule has 1 heterocycles. The van der Waals surface area contributed by atoms with Crippen molar-refractivity contribution in [3.8, 4) is 11.5 Å². The van der Waals surface area contributed by atoms with E-state index in [-0.39, 0.29) is 18.3 Å². The van der Waals surface area contributed by atoms with Crippen molar-refractivity contribution in [1.82, 2.24) is 5.43 Å². The lowest BCUT2D eigenvalue weighted by Gasteiger charge is -2.13. The molecule has 4 aromatic rings. The third-order valence-corrected chi connectivity index (χ3v) is 6.05. The minimum Gasteiger partial charge on any atom is -0.493 e. The number of rotatable bonds is 8. The predicted molar refractivity (Wildman–Crippen MR) is 147 cm³/mol. The van der Waals surface area contributed by atoms with Crippen LogP contribution >= 0.6 is 34.2 Å². The number of hydrogen-bond donors (Lipinski definition) is 2. The van der Waals surface area contributed by atoms with Crippen LogP contribution in [0.25, 0.3) is 11.0 Å². The maximum Gasteiger partial charge on any atom is 0.307 e. The van der Waals surface area contributed by atoms with Crippen LogP contribution in [0.3, 0.4) is 0 Å². The largest absolute Gasteiger partial charge is 0.493 e. The average molecular weight is 618 g/mol. The molecule has 3 aromatic carbocycles. The van der Waals surface area contributed by atoms with Crippen LogP contribution in [0.1, 0.15) is 21.7 Å². The summed E-state index contributed by atoms with van der Waals surface area (Å²) in [5.41, 5.74) is 5.44. The summed E-state index contributed by atoms with van der Waals surface area (Å²) in [6, 6.07) is 17.7. The molecule has 0 aliphatic rings. The van der Waals surface area contributed by atoms with Crippen LogP contribution in [-0.4, -0.2) is 31.7 Å². The first-order valence-electron chi connectivity index (χ1n) is 10.7. The van der Waals surface area contributed by atoms with Gasteiger partial charge in [-0.2, -0.15) is 5.10 Å². The number of methoxy groups -OCH3 is 1. The van der Waals surface area contributed by atoms with Gasteiger partial charge in [-0.15, -0.1) is 0 Å². The molecule has 36 heavy (non-hydrogen) atoms. The summed E-state index contributed by atoms with van der Waals surface area (Å²) in [7, 11) is 1.50. The number of nitrogens with one attached hydrogen (secondary N) is 2. The number of carbonyl (C=O) groups is 2. The van der Waals surface area contributed by atoms with Crippen molar-refractivity contribution in [3.05, 3.63) is 86.1 Å². The van der Waals surface area contributed by atoms with Gasteiger partial charge in [0.1, 0.15) is 5.58 Å². The van der Waals surface area contributed by atoms with Crippen LogP contribution in [0.15, 0.2) is 70.2 Å². The zero-order valence-corrected chi connectivity index (χ0v) is 22.2. The van der Waals surface area contributed by atoms with Crippen LogP contribution < -0.4 is 20.2 Å². The molecule has 0 spiro atoms. The molecule has 0 aliphatic heterocycles. The van der Waals surface area contributed by atoms with Crippen molar-refractivity contribution < 1.29 is 23.5 Å². The molecule has 4 rings (SSSR count). The van der Waals surface area contributed by atoms with Gasteiger partial charge in [0.05, 0.1) is 16.9 Å². The molecule has 2 N–H and O–H groups in total. The smallest absolute Gasteiger partial charge is 0.307 e. The summed E-state index contributed by atoms with van der Waals surface area (Å²) in [4.78, 5) is 24.7. The fourth-order valence-electron chi connectivity index (χ4n) is 3.27. The summed E-state index contributed by atoms with van der Waals surface area (Å²) in [5.74, 6) is 0.174. The van der Waals surface area contributed by atoms with Crippen LogP contribution in [0.4, 0.5) is 5.69 Å². The van der Waals surface area contributed by atoms with Crippen molar-refractivity contribution >= 4 is 68.9 Å². The topological polar surface area (TPSA) is 102 Å². The van der Waals surface area contributed by atoms with Gasteiger partial charge in [0.15, 0.2) is 23.9 Å². The second-order valence-corrected chi connectivity index (χ2v) is 9.33. The van der Waals surface area contributed by atoms with Gasteiger partial charge in [0.2, 0.25) is 0 Å². The molecule has 0 aliphatic carbocycles. The average Bonchev–Trinajstić information content (AvgIpc) is 3.28. The first-order chi connectivity index (χ1) is 17.3. The van der Waals surface area contributed by atoms with E-state index in [1.807, 2.05) is 31.2 Å². The van der Waals surface area contributed by atoms with Gasteiger partial charge in [-0.25, -0.2) is 5.43 Å². The van der Waals surface area contributed by atoms with Crippen molar-refractivity contribution in [3.63, 3.8) is 0 Å². The molecule has 0 bridgehead atoms. The molecule has 0 unspecified atom stereocenters. The molecule has 0 radical (unpaired) electrons. The fourth-order valence-corrected chi connectivity index (χ4v) is 4.23. The zero-order valence-electron chi connectivity index (χ0n) is 19.3. The summed E-state index contributed by atoms with van der Waals surface area (Å²) >= 11 is 8.06. The first kappa shape index (κ1) is 25.5. The summed E-state index contributed by atoms with van der Waals surface area (Å²) in [6.45, 7) is 1.79. The molecule has 0 atom stereocenters. The molecule has 10 heteroatoms. The number of hydrazone groups is 1. The van der Waals surface area contributed by atoms with Gasteiger partial charge in [-0.3, -0.25) is 9.59 Å². The van der Waals surface area contributed by atoms with Crippen molar-refractivity contribution in [2.75, 3.05) is 19.0 Å². The highest BCUT2D eigenvalue weighted by Crippen LogP contribution is 2.33. The molecule has 1 aromatic heterocycles. The second-order valence-electron chi connectivity index (χ2n) is 7.73. The quantitative estimate of drug-likeness (QED) is 0.148. The van der Waals surface area contributed by atoms with Gasteiger partial charge >= 0.3 is 5.91 Å². The lowest BCUT2D eigenvalue weighted by Crippen LogP contribution is -2.20. The molecular weight excluding hydrogens is 597 g/mol. The van der Waals surface area contributed by atoms with Crippen LogP contribution in [0.2, 0.25) is 5.02 Å². The number of aryl methyl sites for hydroxylation is 1. The number of hydrogen-bond acceptors (Lipinski definition) is 6. The van der Waals surface area contributed by atoms with Gasteiger partial charge in [0.25, 0.3) is 5.91 Å². The van der Waals surface area contributed by atoms with Crippen LogP contribution in [0, 0.1) is 10.5 Å². The SMILES string of the molecule is COc1cc(/C=N/NC(=O)c2cc3cc(Cl)ccc3o2)cc(I)c1OCC(=O)Nc1ccc(C)cc1. The van der Waals surface area contributed by atoms with Crippen LogP contribution in [-0.2, 0) is 4.79 Å². The van der Waals surface area contributed by atoms with Crippen LogP contribution in [0.5, 0.6) is 11.5 Å². The number of halogens is 2. The van der Waals surface area contributed by atoms with Crippen molar-refractivity contribution in [1.29, 1.82) is 0 Å². The number of ether oxygens (including phenoxy) is 2. The van der Waals surface area contributed by atoms with Crippen molar-refractivity contribution in [2.45, 2.75) is 6.92 Å². The van der Waals surface area contributed by atoms with E-state index in [9.17, 15) is 9.59 Å². The summed E-state index contributed by atoms with van der Waals surface area (Å²) < 4.78 is 17.4. The Bertz CT molecular complexity index is 1450. The molecule has 8 nitrogen and oxygen atoms in total. The first-order valence-corrected chi connectivity index (χ1v) is 12.2. The predicted octanol–water partition coefficient (Wildman–Crippen LogP) is 5.79. The fraction of sp³-hybridized carbons (Fsp3) is 0.115. The number of furan rings is 1. The molecule has 0 saturated carbocycles. The lowest BCUT2D eigenvalue weighted by atomic mass is 10.2. The maximum absolute atomic E-state index is 12.4. The molecule has 0 saturated heterocycles. The van der Waals surface area contributed by atoms with Gasteiger partial charge in [0, 0.05) is 16.1 Å². The summed E-state index contributed by atoms with van der Waals surface area (Å²) in [6.07, 6.45) is 1.47. The normalized spacial score (nSPS) is 11.0. The van der Waals surface area contributed by atoms with Gasteiger partial charge in [-0.05, 0) is 83.6 Å². The van der Waals surface area contributed by atoms with Gasteiger partial charge < -0.3 is 19.2 Å². The Balaban J connectivity index is 1.38. The minimum absolute atomic E-state index is 0.115. The standard InChI is InChI=1S/C26H21ClIN3O5/c1-15-3-6-19(7-4-15)30-24(32)14-35-25-20(28)9-16(10-22(25)34-2)13-29-31-26(33)23-12-17-11-18(27)5-8-21(17)36-23/h3-13H,14H2,1-2H3,(H,30,32)(H,31,33)/b29-13+. The number of amides is 2. The Hall–Kier alpha value is -3.57.